The molecule has 3 fully saturated rings. The van der Waals surface area contributed by atoms with Gasteiger partial charge in [-0.2, -0.15) is 0 Å². The van der Waals surface area contributed by atoms with Gasteiger partial charge in [0.2, 0.25) is 5.91 Å². The standard InChI is InChI=1S/C31H33Cl2F2N3O4/c1-28(2,3)16-6-5-7-17(10-16)29(8-9-29)14-37(4)25(39)22-21-13-30(34,35)15-38(21)31(23(22)26(40)41)19-11-18(32)12-20(33)24(19)36-27(31)42/h5-7,10-12,21-23H,8-9,13-15H2,1-4H3,(H,36,42)(H,40,41)/t21-,22+,23-,31+/m1/s1. The third kappa shape index (κ3) is 4.26. The SMILES string of the molecule is CN(CC1(c2cccc(C(C)(C)C)c2)CC1)C(=O)[C@H]1[C@H]2CC(F)(F)CN2[C@]2(C(=O)Nc3c(Cl)cc(Cl)cc32)[C@H]1C(=O)O. The first-order chi connectivity index (χ1) is 19.5. The predicted octanol–water partition coefficient (Wildman–Crippen LogP) is 5.67. The Bertz CT molecular complexity index is 1520. The van der Waals surface area contributed by atoms with E-state index >= 15 is 8.78 Å². The van der Waals surface area contributed by atoms with E-state index < -0.39 is 60.1 Å². The highest BCUT2D eigenvalue weighted by Crippen LogP contribution is 2.61. The number of nitrogens with zero attached hydrogens (tertiary/aromatic N) is 2. The molecule has 2 N–H and O–H groups in total. The Kier molecular flexibility index (Phi) is 6.54. The van der Waals surface area contributed by atoms with E-state index in [-0.39, 0.29) is 32.1 Å². The minimum Gasteiger partial charge on any atom is -0.481 e. The highest BCUT2D eigenvalue weighted by Gasteiger charge is 2.74. The molecule has 2 amide bonds. The lowest BCUT2D eigenvalue weighted by molar-refractivity contribution is -0.155. The van der Waals surface area contributed by atoms with Gasteiger partial charge in [0.25, 0.3) is 11.8 Å². The molecule has 1 saturated carbocycles. The molecule has 0 bridgehead atoms. The number of rotatable bonds is 5. The summed E-state index contributed by atoms with van der Waals surface area (Å²) in [6.07, 6.45) is 0.948. The molecule has 42 heavy (non-hydrogen) atoms. The summed E-state index contributed by atoms with van der Waals surface area (Å²) in [5.74, 6) is -9.05. The van der Waals surface area contributed by atoms with Gasteiger partial charge < -0.3 is 15.3 Å². The van der Waals surface area contributed by atoms with E-state index in [1.807, 2.05) is 12.1 Å². The van der Waals surface area contributed by atoms with Gasteiger partial charge in [-0.25, -0.2) is 8.78 Å². The van der Waals surface area contributed by atoms with Crippen molar-refractivity contribution in [2.24, 2.45) is 11.8 Å². The predicted molar refractivity (Wildman–Crippen MR) is 155 cm³/mol. The molecular weight excluding hydrogens is 587 g/mol. The Hall–Kier alpha value is -2.75. The number of likely N-dealkylation sites (N-methyl/N-ethyl adjacent to an activating group) is 1. The number of carboxylic acids is 1. The number of carboxylic acid groups (broad SMARTS) is 1. The lowest BCUT2D eigenvalue weighted by Crippen LogP contribution is -2.54. The second-order valence-electron chi connectivity index (χ2n) is 13.4. The van der Waals surface area contributed by atoms with Gasteiger partial charge in [-0.1, -0.05) is 68.2 Å². The number of nitrogens with one attached hydrogen (secondary N) is 1. The van der Waals surface area contributed by atoms with Crippen LogP contribution in [-0.4, -0.2) is 64.8 Å². The number of halogens is 4. The fraction of sp³-hybridized carbons (Fsp3) is 0.516. The van der Waals surface area contributed by atoms with Crippen molar-refractivity contribution in [2.75, 3.05) is 25.5 Å². The summed E-state index contributed by atoms with van der Waals surface area (Å²) >= 11 is 12.6. The minimum atomic E-state index is -3.23. The molecule has 2 aromatic carbocycles. The quantitative estimate of drug-likeness (QED) is 0.450. The van der Waals surface area contributed by atoms with Gasteiger partial charge >= 0.3 is 5.97 Å². The summed E-state index contributed by atoms with van der Waals surface area (Å²) < 4.78 is 30.1. The van der Waals surface area contributed by atoms with Crippen molar-refractivity contribution in [1.29, 1.82) is 0 Å². The van der Waals surface area contributed by atoms with E-state index in [1.165, 1.54) is 21.9 Å². The van der Waals surface area contributed by atoms with Crippen LogP contribution >= 0.6 is 23.2 Å². The Morgan fingerprint density at radius 2 is 1.86 bits per heavy atom. The van der Waals surface area contributed by atoms with E-state index in [0.717, 1.165) is 24.0 Å². The molecule has 2 saturated heterocycles. The first kappa shape index (κ1) is 29.3. The van der Waals surface area contributed by atoms with Gasteiger partial charge in [0.15, 0.2) is 0 Å². The molecule has 0 unspecified atom stereocenters. The first-order valence-corrected chi connectivity index (χ1v) is 14.8. The number of carbonyl (C=O) groups excluding carboxylic acids is 2. The molecule has 7 nitrogen and oxygen atoms in total. The average Bonchev–Trinajstić information content (AvgIpc) is 3.42. The fourth-order valence-electron chi connectivity index (χ4n) is 7.57. The number of alkyl halides is 2. The molecule has 1 aliphatic carbocycles. The third-order valence-electron chi connectivity index (χ3n) is 9.70. The van der Waals surface area contributed by atoms with E-state index in [1.54, 1.807) is 7.05 Å². The van der Waals surface area contributed by atoms with Crippen molar-refractivity contribution in [3.8, 4) is 0 Å². The number of fused-ring (bicyclic) bond motifs is 4. The number of aliphatic carboxylic acids is 1. The van der Waals surface area contributed by atoms with Gasteiger partial charge in [0.1, 0.15) is 11.5 Å². The van der Waals surface area contributed by atoms with Crippen LogP contribution in [0, 0.1) is 11.8 Å². The number of hydrogen-bond donors (Lipinski definition) is 2. The van der Waals surface area contributed by atoms with Crippen LogP contribution in [0.25, 0.3) is 0 Å². The van der Waals surface area contributed by atoms with Crippen LogP contribution in [-0.2, 0) is 30.8 Å². The maximum absolute atomic E-state index is 15.1. The molecule has 6 rings (SSSR count). The topological polar surface area (TPSA) is 90.0 Å². The molecule has 4 atom stereocenters. The Labute approximate surface area is 253 Å². The molecule has 1 spiro atoms. The zero-order chi connectivity index (χ0) is 30.6. The summed E-state index contributed by atoms with van der Waals surface area (Å²) in [5.41, 5.74) is 0.0460. The van der Waals surface area contributed by atoms with Gasteiger partial charge in [-0.05, 0) is 41.5 Å². The highest BCUT2D eigenvalue weighted by molar-refractivity contribution is 6.38. The maximum Gasteiger partial charge on any atom is 0.310 e. The van der Waals surface area contributed by atoms with Gasteiger partial charge in [0.05, 0.1) is 23.2 Å². The number of anilines is 1. The van der Waals surface area contributed by atoms with E-state index in [0.29, 0.717) is 6.54 Å². The lowest BCUT2D eigenvalue weighted by atomic mass is 9.73. The molecule has 3 aliphatic heterocycles. The molecule has 2 aromatic rings. The van der Waals surface area contributed by atoms with Crippen LogP contribution in [0.2, 0.25) is 10.0 Å². The zero-order valence-electron chi connectivity index (χ0n) is 23.8. The normalized spacial score (nSPS) is 28.9. The van der Waals surface area contributed by atoms with Gasteiger partial charge in [-0.15, -0.1) is 0 Å². The molecule has 224 valence electrons. The number of amides is 2. The summed E-state index contributed by atoms with van der Waals surface area (Å²) in [7, 11) is 1.59. The number of carbonyl (C=O) groups is 3. The van der Waals surface area contributed by atoms with Crippen LogP contribution in [0.1, 0.15) is 56.7 Å². The maximum atomic E-state index is 15.1. The van der Waals surface area contributed by atoms with E-state index in [9.17, 15) is 19.5 Å². The Balaban J connectivity index is 1.40. The van der Waals surface area contributed by atoms with Crippen molar-refractivity contribution in [3.05, 3.63) is 63.1 Å². The van der Waals surface area contributed by atoms with Crippen LogP contribution in [0.3, 0.4) is 0 Å². The summed E-state index contributed by atoms with van der Waals surface area (Å²) in [6, 6.07) is 9.88. The monoisotopic (exact) mass is 619 g/mol. The van der Waals surface area contributed by atoms with E-state index in [2.05, 4.69) is 38.2 Å². The van der Waals surface area contributed by atoms with Crippen LogP contribution in [0.4, 0.5) is 14.5 Å². The largest absolute Gasteiger partial charge is 0.481 e. The smallest absolute Gasteiger partial charge is 0.310 e. The summed E-state index contributed by atoms with van der Waals surface area (Å²) in [6.45, 7) is 5.83. The highest BCUT2D eigenvalue weighted by atomic mass is 35.5. The van der Waals surface area contributed by atoms with Gasteiger partial charge in [0, 0.05) is 42.1 Å². The van der Waals surface area contributed by atoms with Crippen LogP contribution in [0.5, 0.6) is 0 Å². The fourth-order valence-corrected chi connectivity index (χ4v) is 8.11. The molecule has 4 aliphatic rings. The second kappa shape index (κ2) is 9.37. The van der Waals surface area contributed by atoms with Crippen molar-refractivity contribution in [3.63, 3.8) is 0 Å². The van der Waals surface area contributed by atoms with Crippen molar-refractivity contribution in [2.45, 2.75) is 68.4 Å². The van der Waals surface area contributed by atoms with Crippen LogP contribution in [0.15, 0.2) is 36.4 Å². The molecular formula is C31H33Cl2F2N3O4. The Morgan fingerprint density at radius 3 is 2.48 bits per heavy atom. The van der Waals surface area contributed by atoms with Crippen molar-refractivity contribution in [1.82, 2.24) is 9.80 Å². The molecule has 3 heterocycles. The summed E-state index contributed by atoms with van der Waals surface area (Å²) in [5, 5.41) is 13.4. The van der Waals surface area contributed by atoms with Crippen molar-refractivity contribution < 1.29 is 28.3 Å². The Morgan fingerprint density at radius 1 is 1.17 bits per heavy atom. The second-order valence-corrected chi connectivity index (χ2v) is 14.3. The molecule has 0 radical (unpaired) electrons. The van der Waals surface area contributed by atoms with E-state index in [4.69, 9.17) is 23.2 Å². The number of hydrogen-bond acceptors (Lipinski definition) is 4. The van der Waals surface area contributed by atoms with Gasteiger partial charge in [-0.3, -0.25) is 19.3 Å². The summed E-state index contributed by atoms with van der Waals surface area (Å²) in [4.78, 5) is 43.8. The number of benzene rings is 2. The van der Waals surface area contributed by atoms with Crippen LogP contribution < -0.4 is 5.32 Å². The average molecular weight is 621 g/mol. The minimum absolute atomic E-state index is 0.0643. The molecule has 0 aromatic heterocycles. The zero-order valence-corrected chi connectivity index (χ0v) is 25.3. The van der Waals surface area contributed by atoms with Crippen molar-refractivity contribution >= 4 is 46.7 Å². The third-order valence-corrected chi connectivity index (χ3v) is 10.2. The molecule has 11 heteroatoms. The first-order valence-electron chi connectivity index (χ1n) is 14.1. The lowest BCUT2D eigenvalue weighted by Gasteiger charge is -2.36.